The molecular weight excluding hydrogens is 302 g/mol. The zero-order chi connectivity index (χ0) is 16.8. The average Bonchev–Trinajstić information content (AvgIpc) is 3.00. The van der Waals surface area contributed by atoms with Crippen molar-refractivity contribution < 1.29 is 9.53 Å². The molecule has 0 aliphatic heterocycles. The molecule has 0 saturated heterocycles. The highest BCUT2D eigenvalue weighted by Crippen LogP contribution is 2.12. The number of benzene rings is 2. The number of carbonyl (C=O) groups excluding carboxylic acids is 1. The smallest absolute Gasteiger partial charge is 0.221 e. The SMILES string of the molecule is Cc1cccc(OCCNC(=O)CCn2cnc3ccccc32)c1. The molecule has 1 heterocycles. The number of nitrogens with zero attached hydrogens (tertiary/aromatic N) is 2. The molecule has 1 amide bonds. The van der Waals surface area contributed by atoms with E-state index in [2.05, 4.69) is 10.3 Å². The number of hydrogen-bond acceptors (Lipinski definition) is 3. The van der Waals surface area contributed by atoms with Crippen molar-refractivity contribution >= 4 is 16.9 Å². The van der Waals surface area contributed by atoms with Crippen molar-refractivity contribution in [3.63, 3.8) is 0 Å². The Labute approximate surface area is 141 Å². The highest BCUT2D eigenvalue weighted by Gasteiger charge is 2.05. The summed E-state index contributed by atoms with van der Waals surface area (Å²) < 4.78 is 7.61. The van der Waals surface area contributed by atoms with Gasteiger partial charge in [0.05, 0.1) is 23.9 Å². The lowest BCUT2D eigenvalue weighted by Gasteiger charge is -2.09. The van der Waals surface area contributed by atoms with Crippen LogP contribution in [0.25, 0.3) is 11.0 Å². The second-order valence-electron chi connectivity index (χ2n) is 5.69. The van der Waals surface area contributed by atoms with Crippen LogP contribution in [0.15, 0.2) is 54.9 Å². The van der Waals surface area contributed by atoms with Crippen molar-refractivity contribution in [1.82, 2.24) is 14.9 Å². The highest BCUT2D eigenvalue weighted by molar-refractivity contribution is 5.77. The van der Waals surface area contributed by atoms with E-state index in [0.29, 0.717) is 26.1 Å². The van der Waals surface area contributed by atoms with E-state index in [1.165, 1.54) is 0 Å². The lowest BCUT2D eigenvalue weighted by molar-refractivity contribution is -0.121. The monoisotopic (exact) mass is 323 g/mol. The summed E-state index contributed by atoms with van der Waals surface area (Å²) in [7, 11) is 0. The molecule has 0 aliphatic carbocycles. The van der Waals surface area contributed by atoms with Crippen LogP contribution in [0.4, 0.5) is 0 Å². The summed E-state index contributed by atoms with van der Waals surface area (Å²) in [5.41, 5.74) is 3.15. The van der Waals surface area contributed by atoms with Crippen molar-refractivity contribution in [2.75, 3.05) is 13.2 Å². The first kappa shape index (κ1) is 16.1. The summed E-state index contributed by atoms with van der Waals surface area (Å²) in [4.78, 5) is 16.3. The largest absolute Gasteiger partial charge is 0.492 e. The maximum Gasteiger partial charge on any atom is 0.221 e. The van der Waals surface area contributed by atoms with Crippen LogP contribution in [0.3, 0.4) is 0 Å². The minimum Gasteiger partial charge on any atom is -0.492 e. The molecule has 0 aliphatic rings. The molecule has 0 bridgehead atoms. The van der Waals surface area contributed by atoms with Gasteiger partial charge in [-0.05, 0) is 36.8 Å². The third-order valence-electron chi connectivity index (χ3n) is 3.79. The Hall–Kier alpha value is -2.82. The predicted octanol–water partition coefficient (Wildman–Crippen LogP) is 2.93. The molecule has 3 rings (SSSR count). The summed E-state index contributed by atoms with van der Waals surface area (Å²) in [6.45, 7) is 3.60. The van der Waals surface area contributed by atoms with Gasteiger partial charge >= 0.3 is 0 Å². The van der Waals surface area contributed by atoms with E-state index < -0.39 is 0 Å². The lowest BCUT2D eigenvalue weighted by Crippen LogP contribution is -2.28. The number of hydrogen-bond donors (Lipinski definition) is 1. The van der Waals surface area contributed by atoms with Crippen molar-refractivity contribution in [2.45, 2.75) is 19.9 Å². The third-order valence-corrected chi connectivity index (χ3v) is 3.79. The van der Waals surface area contributed by atoms with Gasteiger partial charge in [0, 0.05) is 13.0 Å². The zero-order valence-electron chi connectivity index (χ0n) is 13.7. The fraction of sp³-hybridized carbons (Fsp3) is 0.263. The second-order valence-corrected chi connectivity index (χ2v) is 5.69. The van der Waals surface area contributed by atoms with Crippen LogP contribution in [0.1, 0.15) is 12.0 Å². The summed E-state index contributed by atoms with van der Waals surface area (Å²) in [5, 5.41) is 2.88. The number of amides is 1. The number of ether oxygens (including phenoxy) is 1. The molecule has 2 aromatic carbocycles. The maximum atomic E-state index is 11.9. The number of rotatable bonds is 7. The lowest BCUT2D eigenvalue weighted by atomic mass is 10.2. The van der Waals surface area contributed by atoms with Crippen LogP contribution in [0, 0.1) is 6.92 Å². The van der Waals surface area contributed by atoms with Crippen molar-refractivity contribution in [3.8, 4) is 5.75 Å². The Kier molecular flexibility index (Phi) is 5.11. The van der Waals surface area contributed by atoms with Gasteiger partial charge < -0.3 is 14.6 Å². The number of carbonyl (C=O) groups is 1. The Morgan fingerprint density at radius 1 is 1.21 bits per heavy atom. The van der Waals surface area contributed by atoms with E-state index >= 15 is 0 Å². The molecule has 24 heavy (non-hydrogen) atoms. The van der Waals surface area contributed by atoms with Gasteiger partial charge in [-0.15, -0.1) is 0 Å². The Morgan fingerprint density at radius 3 is 2.96 bits per heavy atom. The molecule has 0 spiro atoms. The Morgan fingerprint density at radius 2 is 2.08 bits per heavy atom. The van der Waals surface area contributed by atoms with Gasteiger partial charge in [0.15, 0.2) is 0 Å². The summed E-state index contributed by atoms with van der Waals surface area (Å²) in [6.07, 6.45) is 2.20. The first-order chi connectivity index (χ1) is 11.7. The topological polar surface area (TPSA) is 56.1 Å². The highest BCUT2D eigenvalue weighted by atomic mass is 16.5. The van der Waals surface area contributed by atoms with Gasteiger partial charge in [-0.3, -0.25) is 4.79 Å². The first-order valence-corrected chi connectivity index (χ1v) is 8.08. The van der Waals surface area contributed by atoms with E-state index in [9.17, 15) is 4.79 Å². The summed E-state index contributed by atoms with van der Waals surface area (Å²) in [5.74, 6) is 0.842. The Balaban J connectivity index is 1.40. The number of nitrogens with one attached hydrogen (secondary N) is 1. The molecule has 1 aromatic heterocycles. The standard InChI is InChI=1S/C19H21N3O2/c1-15-5-4-6-16(13-15)24-12-10-20-19(23)9-11-22-14-21-17-7-2-3-8-18(17)22/h2-8,13-14H,9-12H2,1H3,(H,20,23). The summed E-state index contributed by atoms with van der Waals surface area (Å²) in [6, 6.07) is 15.8. The molecule has 124 valence electrons. The van der Waals surface area contributed by atoms with Crippen LogP contribution >= 0.6 is 0 Å². The molecule has 3 aromatic rings. The fourth-order valence-electron chi connectivity index (χ4n) is 2.56. The normalized spacial score (nSPS) is 10.7. The number of aryl methyl sites for hydroxylation is 2. The van der Waals surface area contributed by atoms with E-state index in [1.807, 2.05) is 60.0 Å². The van der Waals surface area contributed by atoms with Crippen LogP contribution in [-0.4, -0.2) is 28.6 Å². The van der Waals surface area contributed by atoms with Gasteiger partial charge in [-0.25, -0.2) is 4.98 Å². The van der Waals surface area contributed by atoms with E-state index in [4.69, 9.17) is 4.74 Å². The first-order valence-electron chi connectivity index (χ1n) is 8.08. The van der Waals surface area contributed by atoms with E-state index in [-0.39, 0.29) is 5.91 Å². The van der Waals surface area contributed by atoms with Gasteiger partial charge in [-0.2, -0.15) is 0 Å². The Bertz CT molecular complexity index is 826. The zero-order valence-corrected chi connectivity index (χ0v) is 13.7. The van der Waals surface area contributed by atoms with Crippen LogP contribution in [0.2, 0.25) is 0 Å². The second kappa shape index (κ2) is 7.64. The molecule has 5 nitrogen and oxygen atoms in total. The maximum absolute atomic E-state index is 11.9. The molecule has 0 radical (unpaired) electrons. The molecule has 0 atom stereocenters. The van der Waals surface area contributed by atoms with Crippen molar-refractivity contribution in [3.05, 3.63) is 60.4 Å². The number of para-hydroxylation sites is 2. The van der Waals surface area contributed by atoms with Gasteiger partial charge in [0.1, 0.15) is 12.4 Å². The minimum atomic E-state index is 0.0145. The van der Waals surface area contributed by atoms with E-state index in [1.54, 1.807) is 6.33 Å². The van der Waals surface area contributed by atoms with Gasteiger partial charge in [-0.1, -0.05) is 24.3 Å². The molecule has 5 heteroatoms. The molecule has 0 saturated carbocycles. The molecule has 0 fully saturated rings. The van der Waals surface area contributed by atoms with Gasteiger partial charge in [0.25, 0.3) is 0 Å². The fourth-order valence-corrected chi connectivity index (χ4v) is 2.56. The average molecular weight is 323 g/mol. The van der Waals surface area contributed by atoms with Crippen LogP contribution in [0.5, 0.6) is 5.75 Å². The minimum absolute atomic E-state index is 0.0145. The van der Waals surface area contributed by atoms with E-state index in [0.717, 1.165) is 22.3 Å². The van der Waals surface area contributed by atoms with Gasteiger partial charge in [0.2, 0.25) is 5.91 Å². The van der Waals surface area contributed by atoms with Crippen LogP contribution in [-0.2, 0) is 11.3 Å². The van der Waals surface area contributed by atoms with Crippen molar-refractivity contribution in [1.29, 1.82) is 0 Å². The molecular formula is C19H21N3O2. The number of fused-ring (bicyclic) bond motifs is 1. The molecule has 1 N–H and O–H groups in total. The molecule has 0 unspecified atom stereocenters. The quantitative estimate of drug-likeness (QED) is 0.680. The number of imidazole rings is 1. The third kappa shape index (κ3) is 4.13. The van der Waals surface area contributed by atoms with Crippen molar-refractivity contribution in [2.24, 2.45) is 0 Å². The number of aromatic nitrogens is 2. The summed E-state index contributed by atoms with van der Waals surface area (Å²) >= 11 is 0. The van der Waals surface area contributed by atoms with Crippen LogP contribution < -0.4 is 10.1 Å². The predicted molar refractivity (Wildman–Crippen MR) is 94.0 cm³/mol.